The number of rotatable bonds is 1. The first-order chi connectivity index (χ1) is 8.25. The van der Waals surface area contributed by atoms with Crippen molar-refractivity contribution in [1.82, 2.24) is 19.4 Å². The van der Waals surface area contributed by atoms with Crippen LogP contribution < -0.4 is 0 Å². The second-order valence-corrected chi connectivity index (χ2v) is 4.04. The van der Waals surface area contributed by atoms with Crippen molar-refractivity contribution in [2.45, 2.75) is 13.8 Å². The molecular weight excluding hydrogens is 212 g/mol. The fourth-order valence-corrected chi connectivity index (χ4v) is 1.84. The lowest BCUT2D eigenvalue weighted by molar-refractivity contribution is 1.06. The van der Waals surface area contributed by atoms with Gasteiger partial charge >= 0.3 is 0 Å². The van der Waals surface area contributed by atoms with E-state index in [0.29, 0.717) is 0 Å². The normalized spacial score (nSPS) is 10.9. The van der Waals surface area contributed by atoms with Crippen LogP contribution in [0.15, 0.2) is 36.9 Å². The van der Waals surface area contributed by atoms with Gasteiger partial charge in [0.15, 0.2) is 0 Å². The van der Waals surface area contributed by atoms with E-state index in [9.17, 15) is 0 Å². The van der Waals surface area contributed by atoms with E-state index in [-0.39, 0.29) is 0 Å². The van der Waals surface area contributed by atoms with Gasteiger partial charge < -0.3 is 0 Å². The summed E-state index contributed by atoms with van der Waals surface area (Å²) in [5.41, 5.74) is 4.25. The highest BCUT2D eigenvalue weighted by Crippen LogP contribution is 2.18. The molecule has 4 heteroatoms. The van der Waals surface area contributed by atoms with Gasteiger partial charge in [0.25, 0.3) is 0 Å². The highest BCUT2D eigenvalue weighted by molar-refractivity contribution is 5.61. The zero-order chi connectivity index (χ0) is 11.8. The van der Waals surface area contributed by atoms with Crippen LogP contribution >= 0.6 is 0 Å². The highest BCUT2D eigenvalue weighted by Gasteiger charge is 2.06. The molecule has 0 saturated heterocycles. The molecule has 84 valence electrons. The van der Waals surface area contributed by atoms with Crippen molar-refractivity contribution in [3.8, 4) is 11.1 Å². The second kappa shape index (κ2) is 3.66. The summed E-state index contributed by atoms with van der Waals surface area (Å²) in [7, 11) is 0. The van der Waals surface area contributed by atoms with Crippen LogP contribution in [0, 0.1) is 13.8 Å². The van der Waals surface area contributed by atoms with Crippen LogP contribution in [-0.2, 0) is 0 Å². The van der Waals surface area contributed by atoms with Gasteiger partial charge in [-0.3, -0.25) is 9.38 Å². The van der Waals surface area contributed by atoms with Crippen LogP contribution in [-0.4, -0.2) is 19.4 Å². The van der Waals surface area contributed by atoms with Gasteiger partial charge in [-0.1, -0.05) is 6.07 Å². The Labute approximate surface area is 99.0 Å². The first-order valence-electron chi connectivity index (χ1n) is 5.47. The lowest BCUT2D eigenvalue weighted by atomic mass is 10.1. The fraction of sp³-hybridized carbons (Fsp3) is 0.154. The quantitative estimate of drug-likeness (QED) is 0.637. The Morgan fingerprint density at radius 2 is 2.00 bits per heavy atom. The van der Waals surface area contributed by atoms with Gasteiger partial charge in [0.05, 0.1) is 5.69 Å². The number of aromatic nitrogens is 4. The molecule has 0 N–H and O–H groups in total. The summed E-state index contributed by atoms with van der Waals surface area (Å²) in [5, 5.41) is 0. The van der Waals surface area contributed by atoms with Crippen LogP contribution in [0.1, 0.15) is 11.4 Å². The molecular formula is C13H12N4. The van der Waals surface area contributed by atoms with Gasteiger partial charge in [-0.05, 0) is 19.9 Å². The van der Waals surface area contributed by atoms with Crippen LogP contribution in [0.5, 0.6) is 0 Å². The third kappa shape index (κ3) is 1.58. The van der Waals surface area contributed by atoms with Gasteiger partial charge in [-0.2, -0.15) is 0 Å². The minimum absolute atomic E-state index is 0.743. The second-order valence-electron chi connectivity index (χ2n) is 4.04. The molecule has 0 aliphatic rings. The van der Waals surface area contributed by atoms with Gasteiger partial charge in [0, 0.05) is 41.6 Å². The van der Waals surface area contributed by atoms with Crippen LogP contribution in [0.3, 0.4) is 0 Å². The number of hydrogen-bond acceptors (Lipinski definition) is 3. The number of nitrogens with zero attached hydrogens (tertiary/aromatic N) is 4. The first kappa shape index (κ1) is 9.96. The topological polar surface area (TPSA) is 43.1 Å². The molecule has 0 amide bonds. The molecule has 0 fully saturated rings. The summed E-state index contributed by atoms with van der Waals surface area (Å²) in [6.45, 7) is 4.04. The van der Waals surface area contributed by atoms with Crippen molar-refractivity contribution in [2.75, 3.05) is 0 Å². The van der Waals surface area contributed by atoms with E-state index >= 15 is 0 Å². The molecule has 0 atom stereocenters. The molecule has 0 unspecified atom stereocenters. The third-order valence-electron chi connectivity index (χ3n) is 2.95. The van der Waals surface area contributed by atoms with Crippen LogP contribution in [0.4, 0.5) is 0 Å². The number of pyridine rings is 1. The van der Waals surface area contributed by atoms with Gasteiger partial charge in [0.2, 0.25) is 5.78 Å². The van der Waals surface area contributed by atoms with Crippen molar-refractivity contribution in [1.29, 1.82) is 0 Å². The average Bonchev–Trinajstić information content (AvgIpc) is 2.66. The lowest BCUT2D eigenvalue weighted by Crippen LogP contribution is -1.92. The molecule has 0 saturated carbocycles. The predicted octanol–water partition coefficient (Wildman–Crippen LogP) is 2.41. The summed E-state index contributed by atoms with van der Waals surface area (Å²) in [4.78, 5) is 12.9. The van der Waals surface area contributed by atoms with Crippen molar-refractivity contribution < 1.29 is 0 Å². The Balaban J connectivity index is 2.23. The zero-order valence-corrected chi connectivity index (χ0v) is 9.75. The third-order valence-corrected chi connectivity index (χ3v) is 2.95. The highest BCUT2D eigenvalue weighted by atomic mass is 15.1. The zero-order valence-electron chi connectivity index (χ0n) is 9.75. The summed E-state index contributed by atoms with van der Waals surface area (Å²) in [5.74, 6) is 0.743. The van der Waals surface area contributed by atoms with Crippen molar-refractivity contribution in [2.24, 2.45) is 0 Å². The van der Waals surface area contributed by atoms with Crippen molar-refractivity contribution >= 4 is 5.78 Å². The monoisotopic (exact) mass is 224 g/mol. The number of imidazole rings is 1. The van der Waals surface area contributed by atoms with E-state index in [2.05, 4.69) is 21.1 Å². The summed E-state index contributed by atoms with van der Waals surface area (Å²) >= 11 is 0. The average molecular weight is 224 g/mol. The predicted molar refractivity (Wildman–Crippen MR) is 65.7 cm³/mol. The lowest BCUT2D eigenvalue weighted by Gasteiger charge is -2.02. The maximum atomic E-state index is 4.38. The molecule has 3 rings (SSSR count). The van der Waals surface area contributed by atoms with Crippen LogP contribution in [0.2, 0.25) is 0 Å². The minimum Gasteiger partial charge on any atom is -0.288 e. The Kier molecular flexibility index (Phi) is 2.14. The minimum atomic E-state index is 0.743. The maximum Gasteiger partial charge on any atom is 0.234 e. The van der Waals surface area contributed by atoms with Gasteiger partial charge in [0.1, 0.15) is 0 Å². The first-order valence-corrected chi connectivity index (χ1v) is 5.47. The molecule has 4 nitrogen and oxygen atoms in total. The standard InChI is InChI=1S/C13H12N4/c1-9-10(2)17-8-12(7-15-13(17)16-9)11-4-3-5-14-6-11/h3-8H,1-2H3. The molecule has 17 heavy (non-hydrogen) atoms. The van der Waals surface area contributed by atoms with Gasteiger partial charge in [-0.15, -0.1) is 0 Å². The molecule has 0 spiro atoms. The molecule has 0 radical (unpaired) electrons. The molecule has 0 bridgehead atoms. The maximum absolute atomic E-state index is 4.38. The summed E-state index contributed by atoms with van der Waals surface area (Å²) in [6, 6.07) is 3.94. The molecule has 0 aromatic carbocycles. The SMILES string of the molecule is Cc1nc2ncc(-c3cccnc3)cn2c1C. The van der Waals surface area contributed by atoms with E-state index in [1.54, 1.807) is 6.20 Å². The number of hydrogen-bond donors (Lipinski definition) is 0. The van der Waals surface area contributed by atoms with E-state index in [0.717, 1.165) is 28.3 Å². The molecule has 3 aromatic rings. The van der Waals surface area contributed by atoms with Crippen LogP contribution in [0.25, 0.3) is 16.9 Å². The number of aryl methyl sites for hydroxylation is 2. The van der Waals surface area contributed by atoms with E-state index in [1.807, 2.05) is 42.8 Å². The van der Waals surface area contributed by atoms with Crippen molar-refractivity contribution in [3.63, 3.8) is 0 Å². The Morgan fingerprint density at radius 3 is 2.76 bits per heavy atom. The van der Waals surface area contributed by atoms with E-state index in [1.165, 1.54) is 0 Å². The molecule has 3 heterocycles. The smallest absolute Gasteiger partial charge is 0.234 e. The Hall–Kier alpha value is -2.23. The molecule has 0 aliphatic carbocycles. The van der Waals surface area contributed by atoms with E-state index in [4.69, 9.17) is 0 Å². The summed E-state index contributed by atoms with van der Waals surface area (Å²) in [6.07, 6.45) is 7.48. The largest absolute Gasteiger partial charge is 0.288 e. The van der Waals surface area contributed by atoms with Gasteiger partial charge in [-0.25, -0.2) is 9.97 Å². The summed E-state index contributed by atoms with van der Waals surface area (Å²) < 4.78 is 2.01. The molecule has 3 aromatic heterocycles. The Bertz CT molecular complexity index is 670. The molecule has 0 aliphatic heterocycles. The van der Waals surface area contributed by atoms with E-state index < -0.39 is 0 Å². The van der Waals surface area contributed by atoms with Crippen molar-refractivity contribution in [3.05, 3.63) is 48.3 Å². The Morgan fingerprint density at radius 1 is 1.12 bits per heavy atom. The fourth-order valence-electron chi connectivity index (χ4n) is 1.84. The number of fused-ring (bicyclic) bond motifs is 1.